The Morgan fingerprint density at radius 3 is 2.52 bits per heavy atom. The average molecular weight is 440 g/mol. The number of carboxylic acids is 1. The standard InChI is InChI=1S/C19H26N2O8.C2H6/c1-11(22)27-10-12-3-4-15(14(7-12)18(24)21-6-5-20-2)28-17-9-13(23)8-16(29-17)19(25)26;1-2/h3-4,7,13,16-17,20,23H,5-6,8-10H2,1-2H3,(H,21,24)(H,25,26);1-2H3. The van der Waals surface area contributed by atoms with E-state index in [0.717, 1.165) is 0 Å². The fourth-order valence-electron chi connectivity index (χ4n) is 2.76. The van der Waals surface area contributed by atoms with Crippen molar-refractivity contribution in [2.45, 2.75) is 58.7 Å². The van der Waals surface area contributed by atoms with E-state index in [9.17, 15) is 19.5 Å². The Kier molecular flexibility index (Phi) is 11.5. The molecule has 1 aliphatic rings. The topological polar surface area (TPSA) is 143 Å². The van der Waals surface area contributed by atoms with E-state index in [0.29, 0.717) is 18.7 Å². The number of rotatable bonds is 9. The highest BCUT2D eigenvalue weighted by molar-refractivity contribution is 5.97. The fraction of sp³-hybridized carbons (Fsp3) is 0.571. The van der Waals surface area contributed by atoms with Crippen LogP contribution in [0.15, 0.2) is 18.2 Å². The second-order valence-corrected chi connectivity index (χ2v) is 6.61. The number of hydrogen-bond donors (Lipinski definition) is 4. The number of benzene rings is 1. The average Bonchev–Trinajstić information content (AvgIpc) is 2.74. The van der Waals surface area contributed by atoms with Crippen molar-refractivity contribution in [1.82, 2.24) is 10.6 Å². The molecule has 0 aliphatic carbocycles. The van der Waals surface area contributed by atoms with Gasteiger partial charge in [-0.3, -0.25) is 9.59 Å². The zero-order valence-corrected chi connectivity index (χ0v) is 18.3. The molecule has 1 aliphatic heterocycles. The number of aliphatic carboxylic acids is 1. The van der Waals surface area contributed by atoms with Crippen molar-refractivity contribution >= 4 is 17.8 Å². The highest BCUT2D eigenvalue weighted by Crippen LogP contribution is 2.27. The number of nitrogens with one attached hydrogen (secondary N) is 2. The molecule has 1 saturated heterocycles. The summed E-state index contributed by atoms with van der Waals surface area (Å²) in [6.07, 6.45) is -3.08. The van der Waals surface area contributed by atoms with Gasteiger partial charge < -0.3 is 35.1 Å². The number of esters is 1. The third kappa shape index (κ3) is 8.91. The van der Waals surface area contributed by atoms with Crippen molar-refractivity contribution < 1.29 is 38.8 Å². The van der Waals surface area contributed by atoms with Crippen LogP contribution in [0.25, 0.3) is 0 Å². The first-order chi connectivity index (χ1) is 14.8. The first-order valence-electron chi connectivity index (χ1n) is 10.2. The van der Waals surface area contributed by atoms with Crippen LogP contribution >= 0.6 is 0 Å². The maximum absolute atomic E-state index is 12.6. The molecule has 1 amide bonds. The number of carbonyl (C=O) groups excluding carboxylic acids is 2. The van der Waals surface area contributed by atoms with Crippen LogP contribution in [0.5, 0.6) is 5.75 Å². The first-order valence-corrected chi connectivity index (χ1v) is 10.2. The Hall–Kier alpha value is -2.69. The lowest BCUT2D eigenvalue weighted by molar-refractivity contribution is -0.195. The summed E-state index contributed by atoms with van der Waals surface area (Å²) in [6.45, 7) is 6.22. The number of aliphatic hydroxyl groups is 1. The van der Waals surface area contributed by atoms with Crippen LogP contribution in [-0.2, 0) is 25.7 Å². The number of aliphatic hydroxyl groups excluding tert-OH is 1. The highest BCUT2D eigenvalue weighted by Gasteiger charge is 2.34. The fourth-order valence-corrected chi connectivity index (χ4v) is 2.76. The Morgan fingerprint density at radius 1 is 1.19 bits per heavy atom. The molecule has 10 heteroatoms. The molecular weight excluding hydrogens is 408 g/mol. The molecule has 3 unspecified atom stereocenters. The minimum absolute atomic E-state index is 0.00780. The van der Waals surface area contributed by atoms with Gasteiger partial charge in [0.1, 0.15) is 12.4 Å². The SMILES string of the molecule is CC.CNCCNC(=O)c1cc(COC(C)=O)ccc1OC1CC(O)CC(C(=O)O)O1. The van der Waals surface area contributed by atoms with Crippen molar-refractivity contribution in [1.29, 1.82) is 0 Å². The van der Waals surface area contributed by atoms with Crippen molar-refractivity contribution in [3.05, 3.63) is 29.3 Å². The van der Waals surface area contributed by atoms with Gasteiger partial charge in [0.25, 0.3) is 5.91 Å². The van der Waals surface area contributed by atoms with Gasteiger partial charge >= 0.3 is 11.9 Å². The smallest absolute Gasteiger partial charge is 0.333 e. The van der Waals surface area contributed by atoms with Crippen LogP contribution in [0, 0.1) is 0 Å². The molecule has 1 heterocycles. The summed E-state index contributed by atoms with van der Waals surface area (Å²) in [6, 6.07) is 4.67. The Bertz CT molecular complexity index is 740. The van der Waals surface area contributed by atoms with Gasteiger partial charge in [-0.15, -0.1) is 0 Å². The van der Waals surface area contributed by atoms with E-state index < -0.39 is 36.3 Å². The number of carboxylic acid groups (broad SMARTS) is 1. The maximum Gasteiger partial charge on any atom is 0.333 e. The molecule has 1 fully saturated rings. The molecule has 3 atom stereocenters. The summed E-state index contributed by atoms with van der Waals surface area (Å²) in [5, 5.41) is 24.7. The highest BCUT2D eigenvalue weighted by atomic mass is 16.7. The van der Waals surface area contributed by atoms with Crippen molar-refractivity contribution in [3.63, 3.8) is 0 Å². The summed E-state index contributed by atoms with van der Waals surface area (Å²) in [7, 11) is 1.75. The van der Waals surface area contributed by atoms with Crippen LogP contribution in [0.2, 0.25) is 0 Å². The number of likely N-dealkylation sites (N-methyl/N-ethyl adjacent to an activating group) is 1. The third-order valence-electron chi connectivity index (χ3n) is 4.19. The second kappa shape index (κ2) is 13.6. The Balaban J connectivity index is 0.00000233. The van der Waals surface area contributed by atoms with E-state index in [1.165, 1.54) is 19.1 Å². The molecule has 0 bridgehead atoms. The predicted octanol–water partition coefficient (Wildman–Crippen LogP) is 1.05. The predicted molar refractivity (Wildman–Crippen MR) is 112 cm³/mol. The summed E-state index contributed by atoms with van der Waals surface area (Å²) in [5.74, 6) is -1.89. The summed E-state index contributed by atoms with van der Waals surface area (Å²) in [5.41, 5.74) is 0.764. The molecule has 31 heavy (non-hydrogen) atoms. The molecule has 0 radical (unpaired) electrons. The van der Waals surface area contributed by atoms with E-state index in [2.05, 4.69) is 10.6 Å². The van der Waals surface area contributed by atoms with Crippen LogP contribution < -0.4 is 15.4 Å². The largest absolute Gasteiger partial charge is 0.479 e. The second-order valence-electron chi connectivity index (χ2n) is 6.61. The molecular formula is C21H32N2O8. The van der Waals surface area contributed by atoms with Gasteiger partial charge in [-0.05, 0) is 24.7 Å². The van der Waals surface area contributed by atoms with Crippen LogP contribution in [-0.4, -0.2) is 66.7 Å². The number of ether oxygens (including phenoxy) is 3. The zero-order valence-electron chi connectivity index (χ0n) is 18.3. The summed E-state index contributed by atoms with van der Waals surface area (Å²) >= 11 is 0. The third-order valence-corrected chi connectivity index (χ3v) is 4.19. The van der Waals surface area contributed by atoms with Gasteiger partial charge in [0.15, 0.2) is 6.10 Å². The summed E-state index contributed by atoms with van der Waals surface area (Å²) < 4.78 is 16.0. The van der Waals surface area contributed by atoms with Crippen LogP contribution in [0.1, 0.15) is 49.5 Å². The van der Waals surface area contributed by atoms with Gasteiger partial charge in [0.2, 0.25) is 6.29 Å². The zero-order chi connectivity index (χ0) is 23.4. The maximum atomic E-state index is 12.6. The molecule has 0 saturated carbocycles. The van der Waals surface area contributed by atoms with Gasteiger partial charge in [-0.25, -0.2) is 4.79 Å². The van der Waals surface area contributed by atoms with Crippen LogP contribution in [0.3, 0.4) is 0 Å². The quantitative estimate of drug-likeness (QED) is 0.327. The van der Waals surface area contributed by atoms with E-state index in [4.69, 9.17) is 19.3 Å². The number of amides is 1. The molecule has 10 nitrogen and oxygen atoms in total. The Morgan fingerprint density at radius 2 is 1.90 bits per heavy atom. The van der Waals surface area contributed by atoms with Gasteiger partial charge in [0, 0.05) is 32.9 Å². The van der Waals surface area contributed by atoms with Gasteiger partial charge in [-0.2, -0.15) is 0 Å². The number of hydrogen-bond acceptors (Lipinski definition) is 8. The van der Waals surface area contributed by atoms with E-state index in [1.54, 1.807) is 13.1 Å². The molecule has 0 spiro atoms. The molecule has 2 rings (SSSR count). The molecule has 4 N–H and O–H groups in total. The van der Waals surface area contributed by atoms with E-state index in [-0.39, 0.29) is 30.8 Å². The lowest BCUT2D eigenvalue weighted by atomic mass is 10.0. The molecule has 1 aromatic rings. The van der Waals surface area contributed by atoms with Crippen molar-refractivity contribution in [2.24, 2.45) is 0 Å². The van der Waals surface area contributed by atoms with Crippen molar-refractivity contribution in [3.8, 4) is 5.75 Å². The van der Waals surface area contributed by atoms with E-state index >= 15 is 0 Å². The first kappa shape index (κ1) is 26.3. The van der Waals surface area contributed by atoms with Gasteiger partial charge in [0.05, 0.1) is 11.7 Å². The van der Waals surface area contributed by atoms with E-state index in [1.807, 2.05) is 13.8 Å². The monoisotopic (exact) mass is 440 g/mol. The summed E-state index contributed by atoms with van der Waals surface area (Å²) in [4.78, 5) is 34.8. The molecule has 0 aromatic heterocycles. The minimum atomic E-state index is -1.20. The molecule has 1 aromatic carbocycles. The van der Waals surface area contributed by atoms with Crippen molar-refractivity contribution in [2.75, 3.05) is 20.1 Å². The number of carbonyl (C=O) groups is 3. The Labute approximate surface area is 181 Å². The lowest BCUT2D eigenvalue weighted by Gasteiger charge is -2.31. The lowest BCUT2D eigenvalue weighted by Crippen LogP contribution is -2.42. The molecule has 174 valence electrons. The van der Waals surface area contributed by atoms with Crippen LogP contribution in [0.4, 0.5) is 0 Å². The van der Waals surface area contributed by atoms with Gasteiger partial charge in [-0.1, -0.05) is 19.9 Å². The normalized spacial score (nSPS) is 20.1. The minimum Gasteiger partial charge on any atom is -0.479 e.